The third-order valence-corrected chi connectivity index (χ3v) is 6.35. The molecule has 1 aliphatic rings. The van der Waals surface area contributed by atoms with E-state index in [9.17, 15) is 9.59 Å². The first-order chi connectivity index (χ1) is 18.0. The Kier molecular flexibility index (Phi) is 8.84. The van der Waals surface area contributed by atoms with Crippen LogP contribution >= 0.6 is 0 Å². The SMILES string of the molecule is CC(=O)N1CCC[C@H](Oc2ccc(NC(=O)[C@H](NCCc3ccc(C#N)cc3)c3ccccc3)nc2)C1. The molecule has 1 saturated heterocycles. The number of piperidine rings is 1. The normalized spacial score (nSPS) is 15.9. The van der Waals surface area contributed by atoms with Gasteiger partial charge in [0, 0.05) is 20.0 Å². The molecule has 0 aliphatic carbocycles. The fourth-order valence-corrected chi connectivity index (χ4v) is 4.35. The smallest absolute Gasteiger partial charge is 0.247 e. The van der Waals surface area contributed by atoms with Crippen LogP contribution in [0.15, 0.2) is 72.9 Å². The molecule has 0 unspecified atom stereocenters. The Morgan fingerprint density at radius 2 is 1.92 bits per heavy atom. The second kappa shape index (κ2) is 12.7. The van der Waals surface area contributed by atoms with Gasteiger partial charge < -0.3 is 20.3 Å². The van der Waals surface area contributed by atoms with Gasteiger partial charge in [0.25, 0.3) is 0 Å². The lowest BCUT2D eigenvalue weighted by molar-refractivity contribution is -0.131. The van der Waals surface area contributed by atoms with Crippen molar-refractivity contribution in [1.29, 1.82) is 5.26 Å². The van der Waals surface area contributed by atoms with Gasteiger partial charge in [-0.25, -0.2) is 4.98 Å². The van der Waals surface area contributed by atoms with Crippen LogP contribution in [0.2, 0.25) is 0 Å². The van der Waals surface area contributed by atoms with Gasteiger partial charge in [0.2, 0.25) is 11.8 Å². The average Bonchev–Trinajstić information content (AvgIpc) is 2.93. The first kappa shape index (κ1) is 25.9. The van der Waals surface area contributed by atoms with E-state index in [0.29, 0.717) is 30.2 Å². The zero-order valence-corrected chi connectivity index (χ0v) is 20.9. The fraction of sp³-hybridized carbons (Fsp3) is 0.310. The van der Waals surface area contributed by atoms with Gasteiger partial charge in [-0.05, 0) is 54.7 Å². The van der Waals surface area contributed by atoms with Gasteiger partial charge in [-0.15, -0.1) is 0 Å². The molecule has 1 fully saturated rings. The quantitative estimate of drug-likeness (QED) is 0.465. The van der Waals surface area contributed by atoms with Gasteiger partial charge in [-0.1, -0.05) is 42.5 Å². The maximum absolute atomic E-state index is 13.2. The molecular weight excluding hydrogens is 466 g/mol. The number of hydrogen-bond donors (Lipinski definition) is 2. The van der Waals surface area contributed by atoms with Crippen molar-refractivity contribution in [3.05, 3.63) is 89.6 Å². The fourth-order valence-electron chi connectivity index (χ4n) is 4.35. The molecule has 0 bridgehead atoms. The molecule has 2 aromatic carbocycles. The Hall–Kier alpha value is -4.22. The Labute approximate surface area is 217 Å². The summed E-state index contributed by atoms with van der Waals surface area (Å²) in [5.74, 6) is 0.884. The molecule has 2 amide bonds. The van der Waals surface area contributed by atoms with Gasteiger partial charge in [-0.3, -0.25) is 9.59 Å². The highest BCUT2D eigenvalue weighted by atomic mass is 16.5. The average molecular weight is 498 g/mol. The monoisotopic (exact) mass is 497 g/mol. The van der Waals surface area contributed by atoms with Gasteiger partial charge in [-0.2, -0.15) is 5.26 Å². The molecule has 0 spiro atoms. The molecule has 37 heavy (non-hydrogen) atoms. The number of amides is 2. The van der Waals surface area contributed by atoms with Crippen molar-refractivity contribution in [3.8, 4) is 11.8 Å². The van der Waals surface area contributed by atoms with Crippen molar-refractivity contribution in [2.75, 3.05) is 25.0 Å². The second-order valence-corrected chi connectivity index (χ2v) is 9.07. The number of aromatic nitrogens is 1. The van der Waals surface area contributed by atoms with E-state index in [1.807, 2.05) is 42.5 Å². The summed E-state index contributed by atoms with van der Waals surface area (Å²) in [5.41, 5.74) is 2.56. The van der Waals surface area contributed by atoms with E-state index in [2.05, 4.69) is 21.7 Å². The number of likely N-dealkylation sites (tertiary alicyclic amines) is 1. The third kappa shape index (κ3) is 7.38. The largest absolute Gasteiger partial charge is 0.487 e. The molecule has 8 heteroatoms. The minimum absolute atomic E-state index is 0.0583. The molecule has 4 rings (SSSR count). The first-order valence-electron chi connectivity index (χ1n) is 12.5. The van der Waals surface area contributed by atoms with Gasteiger partial charge in [0.15, 0.2) is 0 Å². The molecule has 2 N–H and O–H groups in total. The van der Waals surface area contributed by atoms with E-state index < -0.39 is 6.04 Å². The number of carbonyl (C=O) groups excluding carboxylic acids is 2. The Morgan fingerprint density at radius 1 is 1.14 bits per heavy atom. The minimum atomic E-state index is -0.558. The van der Waals surface area contributed by atoms with Crippen LogP contribution < -0.4 is 15.4 Å². The van der Waals surface area contributed by atoms with Crippen LogP contribution in [0.25, 0.3) is 0 Å². The summed E-state index contributed by atoms with van der Waals surface area (Å²) in [4.78, 5) is 31.1. The summed E-state index contributed by atoms with van der Waals surface area (Å²) in [6, 6.07) is 22.1. The maximum atomic E-state index is 13.2. The minimum Gasteiger partial charge on any atom is -0.487 e. The predicted octanol–water partition coefficient (Wildman–Crippen LogP) is 3.86. The molecule has 1 aromatic heterocycles. The highest BCUT2D eigenvalue weighted by Gasteiger charge is 2.23. The Morgan fingerprint density at radius 3 is 2.59 bits per heavy atom. The highest BCUT2D eigenvalue weighted by Crippen LogP contribution is 2.20. The van der Waals surface area contributed by atoms with Crippen LogP contribution in [0.4, 0.5) is 5.82 Å². The maximum Gasteiger partial charge on any atom is 0.247 e. The highest BCUT2D eigenvalue weighted by molar-refractivity contribution is 5.94. The van der Waals surface area contributed by atoms with Gasteiger partial charge >= 0.3 is 0 Å². The van der Waals surface area contributed by atoms with Crippen molar-refractivity contribution in [2.24, 2.45) is 0 Å². The topological polar surface area (TPSA) is 107 Å². The van der Waals surface area contributed by atoms with Gasteiger partial charge in [0.1, 0.15) is 23.7 Å². The summed E-state index contributed by atoms with van der Waals surface area (Å²) in [7, 11) is 0. The lowest BCUT2D eigenvalue weighted by Crippen LogP contribution is -2.43. The van der Waals surface area contributed by atoms with Gasteiger partial charge in [0.05, 0.1) is 24.4 Å². The third-order valence-electron chi connectivity index (χ3n) is 6.35. The van der Waals surface area contributed by atoms with Crippen LogP contribution in [0.1, 0.15) is 42.5 Å². The number of nitrogens with one attached hydrogen (secondary N) is 2. The summed E-state index contributed by atoms with van der Waals surface area (Å²) in [6.07, 6.45) is 4.04. The van der Waals surface area contributed by atoms with E-state index in [-0.39, 0.29) is 17.9 Å². The van der Waals surface area contributed by atoms with Crippen molar-refractivity contribution in [3.63, 3.8) is 0 Å². The van der Waals surface area contributed by atoms with E-state index in [4.69, 9.17) is 10.00 Å². The number of pyridine rings is 1. The standard InChI is InChI=1S/C29H31N5O3/c1-21(35)34-17-5-8-26(20-34)37-25-13-14-27(32-19-25)33-29(36)28(24-6-3-2-4-7-24)31-16-15-22-9-11-23(18-30)12-10-22/h2-4,6-7,9-14,19,26,28,31H,5,8,15-17,20H2,1H3,(H,32,33,36)/t26-,28+/m0/s1. The Balaban J connectivity index is 1.35. The summed E-state index contributed by atoms with van der Waals surface area (Å²) in [5, 5.41) is 15.2. The number of benzene rings is 2. The van der Waals surface area contributed by atoms with E-state index >= 15 is 0 Å². The zero-order chi connectivity index (χ0) is 26.0. The number of nitrogens with zero attached hydrogens (tertiary/aromatic N) is 3. The number of hydrogen-bond acceptors (Lipinski definition) is 6. The molecule has 1 aliphatic heterocycles. The lowest BCUT2D eigenvalue weighted by Gasteiger charge is -2.32. The number of rotatable bonds is 9. The van der Waals surface area contributed by atoms with Crippen LogP contribution in [0, 0.1) is 11.3 Å². The molecule has 0 saturated carbocycles. The van der Waals surface area contributed by atoms with Crippen molar-refractivity contribution < 1.29 is 14.3 Å². The predicted molar refractivity (Wildman–Crippen MR) is 141 cm³/mol. The van der Waals surface area contributed by atoms with Crippen LogP contribution in [0.3, 0.4) is 0 Å². The molecule has 2 heterocycles. The molecule has 2 atom stereocenters. The summed E-state index contributed by atoms with van der Waals surface area (Å²) >= 11 is 0. The van der Waals surface area contributed by atoms with Crippen molar-refractivity contribution in [2.45, 2.75) is 38.3 Å². The van der Waals surface area contributed by atoms with Crippen molar-refractivity contribution in [1.82, 2.24) is 15.2 Å². The number of anilines is 1. The zero-order valence-electron chi connectivity index (χ0n) is 20.9. The lowest BCUT2D eigenvalue weighted by atomic mass is 10.1. The molecule has 8 nitrogen and oxygen atoms in total. The van der Waals surface area contributed by atoms with E-state index in [1.54, 1.807) is 42.3 Å². The number of nitriles is 1. The molecule has 3 aromatic rings. The summed E-state index contributed by atoms with van der Waals surface area (Å²) in [6.45, 7) is 3.49. The van der Waals surface area contributed by atoms with E-state index in [1.165, 1.54) is 0 Å². The molecule has 0 radical (unpaired) electrons. The second-order valence-electron chi connectivity index (χ2n) is 9.07. The number of carbonyl (C=O) groups is 2. The van der Waals surface area contributed by atoms with E-state index in [0.717, 1.165) is 36.9 Å². The Bertz CT molecular complexity index is 1220. The summed E-state index contributed by atoms with van der Waals surface area (Å²) < 4.78 is 6.02. The van der Waals surface area contributed by atoms with Crippen LogP contribution in [-0.4, -0.2) is 47.4 Å². The van der Waals surface area contributed by atoms with Crippen LogP contribution in [-0.2, 0) is 16.0 Å². The van der Waals surface area contributed by atoms with Crippen molar-refractivity contribution >= 4 is 17.6 Å². The molecule has 190 valence electrons. The molecular formula is C29H31N5O3. The number of ether oxygens (including phenoxy) is 1. The van der Waals surface area contributed by atoms with Crippen LogP contribution in [0.5, 0.6) is 5.75 Å². The first-order valence-corrected chi connectivity index (χ1v) is 12.5.